The van der Waals surface area contributed by atoms with Crippen molar-refractivity contribution in [2.45, 2.75) is 43.3 Å². The summed E-state index contributed by atoms with van der Waals surface area (Å²) >= 11 is 7.47. The lowest BCUT2D eigenvalue weighted by Gasteiger charge is -2.16. The number of hydrogen-bond acceptors (Lipinski definition) is 7. The fourth-order valence-corrected chi connectivity index (χ4v) is 4.56. The average molecular weight is 449 g/mol. The van der Waals surface area contributed by atoms with Crippen LogP contribution in [0.2, 0.25) is 5.02 Å². The van der Waals surface area contributed by atoms with Crippen molar-refractivity contribution in [2.24, 2.45) is 0 Å². The number of ether oxygens (including phenoxy) is 2. The minimum absolute atomic E-state index is 0.00890. The van der Waals surface area contributed by atoms with Gasteiger partial charge in [0.05, 0.1) is 36.4 Å². The molecular formula is C21H21ClN2O5S. The number of hydrogen-bond donors (Lipinski definition) is 0. The zero-order chi connectivity index (χ0) is 21.3. The number of benzene rings is 1. The van der Waals surface area contributed by atoms with Crippen LogP contribution in [0.3, 0.4) is 0 Å². The van der Waals surface area contributed by atoms with Crippen molar-refractivity contribution in [2.75, 3.05) is 13.7 Å². The summed E-state index contributed by atoms with van der Waals surface area (Å²) in [5, 5.41) is 1.59. The highest BCUT2D eigenvalue weighted by atomic mass is 35.5. The third kappa shape index (κ3) is 4.26. The molecule has 0 spiro atoms. The highest BCUT2D eigenvalue weighted by Gasteiger charge is 2.21. The Hall–Kier alpha value is -2.29. The summed E-state index contributed by atoms with van der Waals surface area (Å²) < 4.78 is 17.9. The fourth-order valence-electron chi connectivity index (χ4n) is 3.50. The molecule has 1 aliphatic heterocycles. The van der Waals surface area contributed by atoms with Gasteiger partial charge in [0.1, 0.15) is 17.1 Å². The lowest BCUT2D eigenvalue weighted by atomic mass is 10.2. The molecule has 3 heterocycles. The van der Waals surface area contributed by atoms with E-state index in [1.54, 1.807) is 35.8 Å². The van der Waals surface area contributed by atoms with Crippen LogP contribution in [0.25, 0.3) is 10.9 Å². The monoisotopic (exact) mass is 448 g/mol. The zero-order valence-electron chi connectivity index (χ0n) is 16.6. The van der Waals surface area contributed by atoms with Gasteiger partial charge >= 0.3 is 5.97 Å². The topological polar surface area (TPSA) is 83.6 Å². The van der Waals surface area contributed by atoms with Gasteiger partial charge in [-0.3, -0.25) is 9.36 Å². The number of rotatable bonds is 6. The van der Waals surface area contributed by atoms with Crippen molar-refractivity contribution in [1.29, 1.82) is 0 Å². The second-order valence-electron chi connectivity index (χ2n) is 7.07. The Balaban J connectivity index is 1.67. The van der Waals surface area contributed by atoms with Gasteiger partial charge in [-0.25, -0.2) is 9.78 Å². The quantitative estimate of drug-likeness (QED) is 0.317. The maximum atomic E-state index is 13.2. The van der Waals surface area contributed by atoms with Crippen LogP contribution in [0.4, 0.5) is 0 Å². The average Bonchev–Trinajstić information content (AvgIpc) is 3.37. The van der Waals surface area contributed by atoms with E-state index in [0.29, 0.717) is 57.1 Å². The maximum absolute atomic E-state index is 13.2. The first-order chi connectivity index (χ1) is 14.5. The third-order valence-corrected chi connectivity index (χ3v) is 6.24. The first-order valence-electron chi connectivity index (χ1n) is 9.58. The number of fused-ring (bicyclic) bond motifs is 1. The molecule has 158 valence electrons. The first kappa shape index (κ1) is 21.0. The molecule has 1 atom stereocenters. The van der Waals surface area contributed by atoms with Crippen molar-refractivity contribution in [3.63, 3.8) is 0 Å². The van der Waals surface area contributed by atoms with Gasteiger partial charge in [0.2, 0.25) is 0 Å². The number of methoxy groups -OCH3 is 1. The van der Waals surface area contributed by atoms with Crippen LogP contribution in [-0.4, -0.2) is 35.3 Å². The molecule has 9 heteroatoms. The van der Waals surface area contributed by atoms with Crippen LogP contribution in [0.1, 0.15) is 34.7 Å². The molecule has 4 rings (SSSR count). The van der Waals surface area contributed by atoms with Crippen molar-refractivity contribution in [3.8, 4) is 0 Å². The molecular weight excluding hydrogens is 428 g/mol. The van der Waals surface area contributed by atoms with Gasteiger partial charge < -0.3 is 13.9 Å². The number of aromatic nitrogens is 2. The molecule has 0 N–H and O–H groups in total. The fraction of sp³-hybridized carbons (Fsp3) is 0.381. The molecule has 0 aliphatic carbocycles. The molecule has 0 bridgehead atoms. The summed E-state index contributed by atoms with van der Waals surface area (Å²) in [6.07, 6.45) is 1.89. The number of thioether (sulfide) groups is 1. The molecule has 1 aliphatic rings. The van der Waals surface area contributed by atoms with Crippen LogP contribution in [-0.2, 0) is 21.8 Å². The van der Waals surface area contributed by atoms with Gasteiger partial charge in [-0.15, -0.1) is 0 Å². The minimum Gasteiger partial charge on any atom is -0.465 e. The van der Waals surface area contributed by atoms with E-state index in [0.717, 1.165) is 12.8 Å². The summed E-state index contributed by atoms with van der Waals surface area (Å²) in [5.41, 5.74) is 0.813. The predicted octanol–water partition coefficient (Wildman–Crippen LogP) is 4.21. The van der Waals surface area contributed by atoms with Crippen LogP contribution in [0.5, 0.6) is 0 Å². The Labute approximate surface area is 182 Å². The van der Waals surface area contributed by atoms with Crippen molar-refractivity contribution in [1.82, 2.24) is 9.55 Å². The number of aryl methyl sites for hydroxylation is 1. The highest BCUT2D eigenvalue weighted by molar-refractivity contribution is 7.98. The van der Waals surface area contributed by atoms with Gasteiger partial charge in [0, 0.05) is 11.6 Å². The minimum atomic E-state index is -0.443. The van der Waals surface area contributed by atoms with E-state index in [4.69, 9.17) is 25.5 Å². The Morgan fingerprint density at radius 3 is 2.97 bits per heavy atom. The van der Waals surface area contributed by atoms with Crippen molar-refractivity contribution >= 4 is 40.2 Å². The zero-order valence-corrected chi connectivity index (χ0v) is 18.2. The molecule has 2 aromatic heterocycles. The standard InChI is InChI=1S/C21H21ClN2O5S/c1-12-17(20(26)27-2)9-15(29-12)11-30-21-23-18-8-13(22)5-6-16(18)19(25)24(21)10-14-4-3-7-28-14/h5-6,8-9,14H,3-4,7,10-11H2,1-2H3/t14-/m0/s1. The van der Waals surface area contributed by atoms with E-state index < -0.39 is 5.97 Å². The lowest BCUT2D eigenvalue weighted by Crippen LogP contribution is -2.28. The Morgan fingerprint density at radius 2 is 2.23 bits per heavy atom. The summed E-state index contributed by atoms with van der Waals surface area (Å²) in [6, 6.07) is 6.74. The molecule has 3 aromatic rings. The van der Waals surface area contributed by atoms with Crippen molar-refractivity contribution < 1.29 is 18.7 Å². The van der Waals surface area contributed by atoms with Crippen molar-refractivity contribution in [3.05, 3.63) is 56.7 Å². The number of furan rings is 1. The number of esters is 1. The number of carbonyl (C=O) groups excluding carboxylic acids is 1. The van der Waals surface area contributed by atoms with Gasteiger partial charge in [-0.05, 0) is 44.0 Å². The van der Waals surface area contributed by atoms with Crippen LogP contribution >= 0.6 is 23.4 Å². The second-order valence-corrected chi connectivity index (χ2v) is 8.45. The summed E-state index contributed by atoms with van der Waals surface area (Å²) in [5.74, 6) is 1.05. The van der Waals surface area contributed by atoms with Gasteiger partial charge in [0.25, 0.3) is 5.56 Å². The van der Waals surface area contributed by atoms with Crippen LogP contribution in [0.15, 0.2) is 38.6 Å². The number of halogens is 1. The molecule has 0 unspecified atom stereocenters. The predicted molar refractivity (Wildman–Crippen MR) is 114 cm³/mol. The largest absolute Gasteiger partial charge is 0.465 e. The second kappa shape index (κ2) is 8.83. The summed E-state index contributed by atoms with van der Waals surface area (Å²) in [4.78, 5) is 29.7. The molecule has 7 nitrogen and oxygen atoms in total. The molecule has 1 fully saturated rings. The molecule has 1 saturated heterocycles. The van der Waals surface area contributed by atoms with Crippen LogP contribution < -0.4 is 5.56 Å². The Morgan fingerprint density at radius 1 is 1.40 bits per heavy atom. The molecule has 0 saturated carbocycles. The van der Waals surface area contributed by atoms with E-state index in [-0.39, 0.29) is 11.7 Å². The smallest absolute Gasteiger partial charge is 0.341 e. The molecule has 0 amide bonds. The van der Waals surface area contributed by atoms with Gasteiger partial charge in [-0.2, -0.15) is 0 Å². The number of nitrogens with zero attached hydrogens (tertiary/aromatic N) is 2. The summed E-state index contributed by atoms with van der Waals surface area (Å²) in [7, 11) is 1.33. The SMILES string of the molecule is COC(=O)c1cc(CSc2nc3cc(Cl)ccc3c(=O)n2C[C@@H]2CCCO2)oc1C. The normalized spacial score (nSPS) is 16.3. The van der Waals surface area contributed by atoms with E-state index in [2.05, 4.69) is 4.98 Å². The van der Waals surface area contributed by atoms with E-state index in [1.165, 1.54) is 18.9 Å². The Bertz CT molecular complexity index is 1150. The highest BCUT2D eigenvalue weighted by Crippen LogP contribution is 2.27. The van der Waals surface area contributed by atoms with Gasteiger partial charge in [0.15, 0.2) is 5.16 Å². The molecule has 30 heavy (non-hydrogen) atoms. The van der Waals surface area contributed by atoms with Crippen LogP contribution in [0, 0.1) is 6.92 Å². The number of carbonyl (C=O) groups is 1. The lowest BCUT2D eigenvalue weighted by molar-refractivity contribution is 0.0598. The summed E-state index contributed by atoms with van der Waals surface area (Å²) in [6.45, 7) is 2.86. The first-order valence-corrected chi connectivity index (χ1v) is 10.9. The molecule has 1 aromatic carbocycles. The van der Waals surface area contributed by atoms with E-state index in [9.17, 15) is 9.59 Å². The van der Waals surface area contributed by atoms with E-state index >= 15 is 0 Å². The maximum Gasteiger partial charge on any atom is 0.341 e. The molecule has 0 radical (unpaired) electrons. The third-order valence-electron chi connectivity index (χ3n) is 5.01. The Kier molecular flexibility index (Phi) is 6.17. The van der Waals surface area contributed by atoms with Gasteiger partial charge in [-0.1, -0.05) is 23.4 Å². The van der Waals surface area contributed by atoms with E-state index in [1.807, 2.05) is 0 Å².